The molecule has 1 saturated carbocycles. The fraction of sp³-hybridized carbons (Fsp3) is 0.938. The van der Waals surface area contributed by atoms with Crippen molar-refractivity contribution in [1.29, 1.82) is 0 Å². The number of carbonyl (C=O) groups excluding carboxylic acids is 1. The van der Waals surface area contributed by atoms with E-state index in [1.807, 2.05) is 13.8 Å². The van der Waals surface area contributed by atoms with Crippen molar-refractivity contribution >= 4 is 5.97 Å². The van der Waals surface area contributed by atoms with Gasteiger partial charge in [0.05, 0.1) is 5.92 Å². The highest BCUT2D eigenvalue weighted by molar-refractivity contribution is 5.72. The van der Waals surface area contributed by atoms with Gasteiger partial charge in [-0.2, -0.15) is 0 Å². The summed E-state index contributed by atoms with van der Waals surface area (Å²) in [6.07, 6.45) is 3.94. The molecule has 0 unspecified atom stereocenters. The van der Waals surface area contributed by atoms with Gasteiger partial charge in [0.15, 0.2) is 12.1 Å². The Bertz CT molecular complexity index is 403. The van der Waals surface area contributed by atoms with E-state index < -0.39 is 12.1 Å². The van der Waals surface area contributed by atoms with Gasteiger partial charge in [-0.25, -0.2) is 0 Å². The average molecular weight is 314 g/mol. The molecule has 22 heavy (non-hydrogen) atoms. The smallest absolute Gasteiger partial charge is 0.309 e. The van der Waals surface area contributed by atoms with Crippen molar-refractivity contribution in [3.63, 3.8) is 0 Å². The summed E-state index contributed by atoms with van der Waals surface area (Å²) >= 11 is 0. The summed E-state index contributed by atoms with van der Waals surface area (Å²) < 4.78 is 28.3. The molecule has 2 heterocycles. The fourth-order valence-corrected chi connectivity index (χ4v) is 3.59. The van der Waals surface area contributed by atoms with Crippen LogP contribution in [0.5, 0.6) is 0 Å². The van der Waals surface area contributed by atoms with Crippen molar-refractivity contribution in [2.75, 3.05) is 13.7 Å². The van der Waals surface area contributed by atoms with E-state index in [9.17, 15) is 4.79 Å². The topological polar surface area (TPSA) is 63.2 Å². The van der Waals surface area contributed by atoms with Gasteiger partial charge in [-0.15, -0.1) is 0 Å². The van der Waals surface area contributed by atoms with Gasteiger partial charge in [0, 0.05) is 7.11 Å². The van der Waals surface area contributed by atoms with Crippen LogP contribution in [-0.2, 0) is 28.5 Å². The second kappa shape index (κ2) is 6.43. The first-order valence-corrected chi connectivity index (χ1v) is 8.21. The second-order valence-electron chi connectivity index (χ2n) is 6.81. The number of hydrogen-bond donors (Lipinski definition) is 0. The Morgan fingerprint density at radius 1 is 1.18 bits per heavy atom. The normalized spacial score (nSPS) is 38.0. The fourth-order valence-electron chi connectivity index (χ4n) is 3.59. The molecular weight excluding hydrogens is 288 g/mol. The zero-order valence-corrected chi connectivity index (χ0v) is 13.6. The minimum absolute atomic E-state index is 0.0436. The van der Waals surface area contributed by atoms with E-state index in [1.165, 1.54) is 6.42 Å². The SMILES string of the molecule is CO[C@@H]1[C@@H]2OC(C)(C)O[C@H]2O[C@H]1COC(=O)C1CCCCC1. The highest BCUT2D eigenvalue weighted by Gasteiger charge is 2.55. The van der Waals surface area contributed by atoms with Gasteiger partial charge < -0.3 is 23.7 Å². The molecule has 1 aliphatic carbocycles. The Labute approximate surface area is 131 Å². The summed E-state index contributed by atoms with van der Waals surface area (Å²) in [7, 11) is 1.61. The van der Waals surface area contributed by atoms with Gasteiger partial charge in [0.1, 0.15) is 24.9 Å². The molecule has 2 saturated heterocycles. The number of methoxy groups -OCH3 is 1. The molecule has 3 aliphatic rings. The molecule has 6 heteroatoms. The lowest BCUT2D eigenvalue weighted by Crippen LogP contribution is -2.39. The Hall–Kier alpha value is -0.690. The summed E-state index contributed by atoms with van der Waals surface area (Å²) in [5, 5.41) is 0. The third-order valence-corrected chi connectivity index (χ3v) is 4.69. The van der Waals surface area contributed by atoms with E-state index >= 15 is 0 Å². The lowest BCUT2D eigenvalue weighted by molar-refractivity contribution is -0.222. The minimum atomic E-state index is -0.671. The first kappa shape index (κ1) is 16.2. The van der Waals surface area contributed by atoms with Crippen molar-refractivity contribution in [2.24, 2.45) is 5.92 Å². The van der Waals surface area contributed by atoms with E-state index in [4.69, 9.17) is 23.7 Å². The second-order valence-corrected chi connectivity index (χ2v) is 6.81. The summed E-state index contributed by atoms with van der Waals surface area (Å²) in [4.78, 5) is 12.1. The number of ether oxygens (including phenoxy) is 5. The van der Waals surface area contributed by atoms with E-state index in [2.05, 4.69) is 0 Å². The quantitative estimate of drug-likeness (QED) is 0.740. The number of carbonyl (C=O) groups is 1. The first-order chi connectivity index (χ1) is 10.5. The van der Waals surface area contributed by atoms with Crippen LogP contribution < -0.4 is 0 Å². The molecule has 0 aromatic rings. The molecule has 126 valence electrons. The Balaban J connectivity index is 1.52. The lowest BCUT2D eigenvalue weighted by Gasteiger charge is -2.25. The van der Waals surface area contributed by atoms with Crippen LogP contribution in [0.2, 0.25) is 0 Å². The predicted molar refractivity (Wildman–Crippen MR) is 77.0 cm³/mol. The molecule has 0 N–H and O–H groups in total. The third-order valence-electron chi connectivity index (χ3n) is 4.69. The highest BCUT2D eigenvalue weighted by Crippen LogP contribution is 2.38. The first-order valence-electron chi connectivity index (χ1n) is 8.21. The summed E-state index contributed by atoms with van der Waals surface area (Å²) in [6, 6.07) is 0. The predicted octanol–water partition coefficient (Wildman–Crippen LogP) is 2.00. The molecule has 0 bridgehead atoms. The number of hydrogen-bond acceptors (Lipinski definition) is 6. The van der Waals surface area contributed by atoms with E-state index in [1.54, 1.807) is 7.11 Å². The molecule has 3 fully saturated rings. The lowest BCUT2D eigenvalue weighted by atomic mass is 9.89. The maximum atomic E-state index is 12.1. The van der Waals surface area contributed by atoms with Gasteiger partial charge in [-0.3, -0.25) is 4.79 Å². The summed E-state index contributed by atoms with van der Waals surface area (Å²) in [5.74, 6) is -0.741. The van der Waals surface area contributed by atoms with Crippen LogP contribution in [0.25, 0.3) is 0 Å². The van der Waals surface area contributed by atoms with Gasteiger partial charge in [0.25, 0.3) is 0 Å². The molecule has 0 spiro atoms. The standard InChI is InChI=1S/C16H26O6/c1-16(2)21-13-12(18-3)11(20-15(13)22-16)9-19-14(17)10-7-5-4-6-8-10/h10-13,15H,4-9H2,1-3H3/t11-,12-,13-,15+/m0/s1. The number of esters is 1. The Morgan fingerprint density at radius 3 is 2.59 bits per heavy atom. The molecule has 0 aromatic heterocycles. The summed E-state index contributed by atoms with van der Waals surface area (Å²) in [6.45, 7) is 3.88. The maximum absolute atomic E-state index is 12.1. The zero-order valence-electron chi connectivity index (χ0n) is 13.6. The minimum Gasteiger partial charge on any atom is -0.463 e. The number of fused-ring (bicyclic) bond motifs is 1. The maximum Gasteiger partial charge on any atom is 0.309 e. The largest absolute Gasteiger partial charge is 0.463 e. The average Bonchev–Trinajstić information content (AvgIpc) is 2.96. The molecule has 0 radical (unpaired) electrons. The number of rotatable bonds is 4. The van der Waals surface area contributed by atoms with Crippen molar-refractivity contribution in [3.05, 3.63) is 0 Å². The zero-order chi connectivity index (χ0) is 15.7. The Kier molecular flexibility index (Phi) is 4.73. The van der Waals surface area contributed by atoms with Crippen LogP contribution in [0.15, 0.2) is 0 Å². The third kappa shape index (κ3) is 3.30. The molecule has 2 aliphatic heterocycles. The van der Waals surface area contributed by atoms with E-state index in [-0.39, 0.29) is 36.8 Å². The van der Waals surface area contributed by atoms with Crippen LogP contribution in [0.3, 0.4) is 0 Å². The van der Waals surface area contributed by atoms with E-state index in [0.717, 1.165) is 25.7 Å². The van der Waals surface area contributed by atoms with Crippen molar-refractivity contribution in [2.45, 2.75) is 76.3 Å². The summed E-state index contributed by atoms with van der Waals surface area (Å²) in [5.41, 5.74) is 0. The Morgan fingerprint density at radius 2 is 1.91 bits per heavy atom. The van der Waals surface area contributed by atoms with Crippen molar-refractivity contribution < 1.29 is 28.5 Å². The van der Waals surface area contributed by atoms with Crippen LogP contribution in [-0.4, -0.2) is 50.1 Å². The molecule has 0 amide bonds. The molecule has 3 rings (SSSR count). The van der Waals surface area contributed by atoms with Crippen LogP contribution in [0, 0.1) is 5.92 Å². The van der Waals surface area contributed by atoms with E-state index in [0.29, 0.717) is 0 Å². The van der Waals surface area contributed by atoms with Crippen LogP contribution in [0.1, 0.15) is 46.0 Å². The van der Waals surface area contributed by atoms with Crippen LogP contribution >= 0.6 is 0 Å². The van der Waals surface area contributed by atoms with Gasteiger partial charge >= 0.3 is 5.97 Å². The molecular formula is C16H26O6. The van der Waals surface area contributed by atoms with Crippen LogP contribution in [0.4, 0.5) is 0 Å². The van der Waals surface area contributed by atoms with Crippen molar-refractivity contribution in [3.8, 4) is 0 Å². The highest BCUT2D eigenvalue weighted by atomic mass is 16.8. The molecule has 4 atom stereocenters. The van der Waals surface area contributed by atoms with Crippen molar-refractivity contribution in [1.82, 2.24) is 0 Å². The van der Waals surface area contributed by atoms with Gasteiger partial charge in [-0.1, -0.05) is 19.3 Å². The monoisotopic (exact) mass is 314 g/mol. The van der Waals surface area contributed by atoms with Gasteiger partial charge in [0.2, 0.25) is 0 Å². The molecule has 6 nitrogen and oxygen atoms in total. The van der Waals surface area contributed by atoms with Gasteiger partial charge in [-0.05, 0) is 26.7 Å². The molecule has 0 aromatic carbocycles.